The number of allylic oxidation sites excluding steroid dienone is 1. The maximum Gasteiger partial charge on any atom is 0.334 e. The highest BCUT2D eigenvalue weighted by atomic mass is 16.6. The summed E-state index contributed by atoms with van der Waals surface area (Å²) < 4.78 is 5.52. The Labute approximate surface area is 115 Å². The minimum absolute atomic E-state index is 0.166. The third-order valence-corrected chi connectivity index (χ3v) is 3.27. The van der Waals surface area contributed by atoms with Gasteiger partial charge >= 0.3 is 5.97 Å². The first kappa shape index (κ1) is 13.9. The first-order chi connectivity index (χ1) is 8.97. The predicted molar refractivity (Wildman–Crippen MR) is 77.0 cm³/mol. The summed E-state index contributed by atoms with van der Waals surface area (Å²) in [5.41, 5.74) is 1.60. The zero-order chi connectivity index (χ0) is 13.9. The van der Waals surface area contributed by atoms with E-state index in [9.17, 15) is 4.79 Å². The number of hydrogen-bond acceptors (Lipinski definition) is 2. The first-order valence-corrected chi connectivity index (χ1v) is 6.96. The van der Waals surface area contributed by atoms with Crippen LogP contribution < -0.4 is 0 Å². The van der Waals surface area contributed by atoms with Gasteiger partial charge in [0.25, 0.3) is 0 Å². The topological polar surface area (TPSA) is 26.3 Å². The van der Waals surface area contributed by atoms with Gasteiger partial charge in [0, 0.05) is 11.5 Å². The van der Waals surface area contributed by atoms with Gasteiger partial charge in [-0.3, -0.25) is 0 Å². The molecule has 0 aromatic heterocycles. The van der Waals surface area contributed by atoms with E-state index >= 15 is 0 Å². The van der Waals surface area contributed by atoms with Gasteiger partial charge in [0.05, 0.1) is 0 Å². The van der Waals surface area contributed by atoms with Crippen molar-refractivity contribution in [1.29, 1.82) is 0 Å². The summed E-state index contributed by atoms with van der Waals surface area (Å²) in [7, 11) is 0. The zero-order valence-electron chi connectivity index (χ0n) is 12.0. The van der Waals surface area contributed by atoms with E-state index in [0.29, 0.717) is 0 Å². The molecule has 19 heavy (non-hydrogen) atoms. The van der Waals surface area contributed by atoms with Gasteiger partial charge in [-0.15, -0.1) is 0 Å². The van der Waals surface area contributed by atoms with Crippen molar-refractivity contribution in [1.82, 2.24) is 0 Å². The molecule has 0 heterocycles. The van der Waals surface area contributed by atoms with E-state index in [1.54, 1.807) is 0 Å². The van der Waals surface area contributed by atoms with Gasteiger partial charge in [0.2, 0.25) is 0 Å². The van der Waals surface area contributed by atoms with Crippen molar-refractivity contribution < 1.29 is 9.53 Å². The molecule has 2 nitrogen and oxygen atoms in total. The average molecular weight is 258 g/mol. The number of ether oxygens (including phenoxy) is 1. The maximum atomic E-state index is 12.3. The summed E-state index contributed by atoms with van der Waals surface area (Å²) in [5.74, 6) is 0.0193. The molecule has 1 unspecified atom stereocenters. The standard InChI is InChI=1S/C17H22O2/c1-17(2,3)19-16(18)15-12-8-7-11-14(15)13-9-5-4-6-10-13/h4-6,9-10,12,14H,7-8,11H2,1-3H3. The van der Waals surface area contributed by atoms with Gasteiger partial charge in [0.1, 0.15) is 5.60 Å². The van der Waals surface area contributed by atoms with E-state index in [1.165, 1.54) is 5.56 Å². The van der Waals surface area contributed by atoms with E-state index in [2.05, 4.69) is 18.2 Å². The maximum absolute atomic E-state index is 12.3. The molecule has 0 bridgehead atoms. The number of carbonyl (C=O) groups is 1. The lowest BCUT2D eigenvalue weighted by Gasteiger charge is -2.27. The van der Waals surface area contributed by atoms with Gasteiger partial charge in [-0.05, 0) is 45.6 Å². The Morgan fingerprint density at radius 2 is 1.89 bits per heavy atom. The molecular weight excluding hydrogens is 236 g/mol. The number of esters is 1. The van der Waals surface area contributed by atoms with Crippen molar-refractivity contribution in [3.63, 3.8) is 0 Å². The van der Waals surface area contributed by atoms with Crippen LogP contribution in [0.4, 0.5) is 0 Å². The van der Waals surface area contributed by atoms with E-state index in [4.69, 9.17) is 4.74 Å². The van der Waals surface area contributed by atoms with Gasteiger partial charge in [-0.2, -0.15) is 0 Å². The minimum atomic E-state index is -0.434. The molecule has 1 atom stereocenters. The second-order valence-corrected chi connectivity index (χ2v) is 6.06. The van der Waals surface area contributed by atoms with Crippen LogP contribution in [0.5, 0.6) is 0 Å². The lowest BCUT2D eigenvalue weighted by atomic mass is 9.82. The van der Waals surface area contributed by atoms with E-state index in [0.717, 1.165) is 24.8 Å². The van der Waals surface area contributed by atoms with Crippen molar-refractivity contribution in [2.75, 3.05) is 0 Å². The van der Waals surface area contributed by atoms with Gasteiger partial charge in [-0.1, -0.05) is 36.4 Å². The highest BCUT2D eigenvalue weighted by Gasteiger charge is 2.28. The molecule has 0 radical (unpaired) electrons. The molecule has 0 N–H and O–H groups in total. The van der Waals surface area contributed by atoms with Crippen LogP contribution >= 0.6 is 0 Å². The Hall–Kier alpha value is -1.57. The molecule has 0 aliphatic heterocycles. The number of rotatable bonds is 2. The van der Waals surface area contributed by atoms with Crippen LogP contribution in [0, 0.1) is 0 Å². The lowest BCUT2D eigenvalue weighted by Crippen LogP contribution is -2.27. The normalized spacial score (nSPS) is 19.7. The van der Waals surface area contributed by atoms with Crippen LogP contribution in [0.15, 0.2) is 42.0 Å². The van der Waals surface area contributed by atoms with Crippen molar-refractivity contribution in [3.8, 4) is 0 Å². The largest absolute Gasteiger partial charge is 0.457 e. The Bertz CT molecular complexity index is 466. The third kappa shape index (κ3) is 3.69. The van der Waals surface area contributed by atoms with Crippen LogP contribution in [-0.2, 0) is 9.53 Å². The van der Waals surface area contributed by atoms with Crippen LogP contribution in [0.25, 0.3) is 0 Å². The van der Waals surface area contributed by atoms with Gasteiger partial charge < -0.3 is 4.74 Å². The fourth-order valence-electron chi connectivity index (χ4n) is 2.47. The second kappa shape index (κ2) is 5.60. The summed E-state index contributed by atoms with van der Waals surface area (Å²) >= 11 is 0. The Kier molecular flexibility index (Phi) is 4.08. The zero-order valence-corrected chi connectivity index (χ0v) is 12.0. The average Bonchev–Trinajstić information content (AvgIpc) is 2.38. The molecule has 102 valence electrons. The molecule has 0 amide bonds. The molecule has 1 aromatic carbocycles. The predicted octanol–water partition coefficient (Wildman–Crippen LogP) is 4.22. The summed E-state index contributed by atoms with van der Waals surface area (Å²) in [6.07, 6.45) is 5.17. The van der Waals surface area contributed by atoms with Crippen molar-refractivity contribution in [2.24, 2.45) is 0 Å². The molecular formula is C17H22O2. The SMILES string of the molecule is CC(C)(C)OC(=O)C1=CCCCC1c1ccccc1. The molecule has 1 aliphatic carbocycles. The highest BCUT2D eigenvalue weighted by Crippen LogP contribution is 2.35. The lowest BCUT2D eigenvalue weighted by molar-refractivity contribution is -0.150. The summed E-state index contributed by atoms with van der Waals surface area (Å²) in [4.78, 5) is 12.3. The quantitative estimate of drug-likeness (QED) is 0.742. The Morgan fingerprint density at radius 1 is 1.21 bits per heavy atom. The molecule has 0 fully saturated rings. The molecule has 0 saturated carbocycles. The second-order valence-electron chi connectivity index (χ2n) is 6.06. The van der Waals surface area contributed by atoms with Gasteiger partial charge in [-0.25, -0.2) is 4.79 Å². The fourth-order valence-corrected chi connectivity index (χ4v) is 2.47. The summed E-state index contributed by atoms with van der Waals surface area (Å²) in [6, 6.07) is 10.2. The number of hydrogen-bond donors (Lipinski definition) is 0. The molecule has 1 aliphatic rings. The van der Waals surface area contributed by atoms with Crippen molar-refractivity contribution >= 4 is 5.97 Å². The highest BCUT2D eigenvalue weighted by molar-refractivity contribution is 5.90. The molecule has 2 heteroatoms. The van der Waals surface area contributed by atoms with Crippen molar-refractivity contribution in [3.05, 3.63) is 47.5 Å². The van der Waals surface area contributed by atoms with Crippen LogP contribution in [0.1, 0.15) is 51.5 Å². The van der Waals surface area contributed by atoms with E-state index in [1.807, 2.05) is 39.0 Å². The van der Waals surface area contributed by atoms with Crippen LogP contribution in [-0.4, -0.2) is 11.6 Å². The van der Waals surface area contributed by atoms with Crippen molar-refractivity contribution in [2.45, 2.75) is 51.6 Å². The van der Waals surface area contributed by atoms with Gasteiger partial charge in [0.15, 0.2) is 0 Å². The van der Waals surface area contributed by atoms with E-state index in [-0.39, 0.29) is 11.9 Å². The van der Waals surface area contributed by atoms with Crippen LogP contribution in [0.3, 0.4) is 0 Å². The Balaban J connectivity index is 2.22. The van der Waals surface area contributed by atoms with E-state index < -0.39 is 5.60 Å². The summed E-state index contributed by atoms with van der Waals surface area (Å²) in [6.45, 7) is 5.73. The molecule has 0 saturated heterocycles. The fraction of sp³-hybridized carbons (Fsp3) is 0.471. The monoisotopic (exact) mass is 258 g/mol. The number of carbonyl (C=O) groups excluding carboxylic acids is 1. The molecule has 0 spiro atoms. The summed E-state index contributed by atoms with van der Waals surface area (Å²) in [5, 5.41) is 0. The Morgan fingerprint density at radius 3 is 2.53 bits per heavy atom. The molecule has 2 rings (SSSR count). The minimum Gasteiger partial charge on any atom is -0.457 e. The first-order valence-electron chi connectivity index (χ1n) is 6.96. The third-order valence-electron chi connectivity index (χ3n) is 3.27. The molecule has 1 aromatic rings. The smallest absolute Gasteiger partial charge is 0.334 e. The number of benzene rings is 1. The van der Waals surface area contributed by atoms with Crippen LogP contribution in [0.2, 0.25) is 0 Å².